The van der Waals surface area contributed by atoms with Crippen molar-refractivity contribution in [2.75, 3.05) is 12.4 Å². The molecule has 1 unspecified atom stereocenters. The third-order valence-electron chi connectivity index (χ3n) is 5.21. The van der Waals surface area contributed by atoms with Crippen LogP contribution in [0.4, 0.5) is 5.82 Å². The fraction of sp³-hybridized carbons (Fsp3) is 0.240. The van der Waals surface area contributed by atoms with Crippen molar-refractivity contribution in [3.63, 3.8) is 0 Å². The fourth-order valence-electron chi connectivity index (χ4n) is 3.44. The predicted octanol–water partition coefficient (Wildman–Crippen LogP) is 3.30. The predicted molar refractivity (Wildman–Crippen MR) is 135 cm³/mol. The summed E-state index contributed by atoms with van der Waals surface area (Å²) in [7, 11) is 1.84. The molecular formula is C25H32N8. The molecule has 0 bridgehead atoms. The lowest BCUT2D eigenvalue weighted by Crippen LogP contribution is -2.15. The minimum Gasteiger partial charge on any atom is -0.404 e. The molecule has 0 amide bonds. The van der Waals surface area contributed by atoms with Crippen LogP contribution >= 0.6 is 0 Å². The largest absolute Gasteiger partial charge is 0.404 e. The van der Waals surface area contributed by atoms with Crippen molar-refractivity contribution >= 4 is 22.4 Å². The monoisotopic (exact) mass is 444 g/mol. The number of allylic oxidation sites excluding steroid dienone is 2. The van der Waals surface area contributed by atoms with Gasteiger partial charge in [0, 0.05) is 37.4 Å². The van der Waals surface area contributed by atoms with Gasteiger partial charge in [0.2, 0.25) is 0 Å². The first-order valence-electron chi connectivity index (χ1n) is 10.8. The highest BCUT2D eigenvalue weighted by atomic mass is 15.1. The molecule has 0 saturated heterocycles. The van der Waals surface area contributed by atoms with Gasteiger partial charge in [-0.15, -0.1) is 0 Å². The van der Waals surface area contributed by atoms with Gasteiger partial charge < -0.3 is 27.8 Å². The molecule has 0 radical (unpaired) electrons. The molecule has 8 heteroatoms. The number of hydrogen-bond donors (Lipinski definition) is 5. The minimum atomic E-state index is -0.374. The van der Waals surface area contributed by atoms with Gasteiger partial charge in [-0.1, -0.05) is 19.9 Å². The molecule has 0 aromatic carbocycles. The Hall–Kier alpha value is -3.91. The molecule has 8 N–H and O–H groups in total. The van der Waals surface area contributed by atoms with E-state index in [9.17, 15) is 0 Å². The number of rotatable bonds is 8. The van der Waals surface area contributed by atoms with E-state index in [4.69, 9.17) is 22.2 Å². The molecular weight excluding hydrogens is 412 g/mol. The number of hydrogen-bond acceptors (Lipinski definition) is 8. The van der Waals surface area contributed by atoms with E-state index in [1.165, 1.54) is 0 Å². The van der Waals surface area contributed by atoms with Crippen LogP contribution in [-0.4, -0.2) is 22.0 Å². The summed E-state index contributed by atoms with van der Waals surface area (Å²) in [4.78, 5) is 13.6. The van der Waals surface area contributed by atoms with Gasteiger partial charge in [-0.3, -0.25) is 9.97 Å². The normalized spacial score (nSPS) is 13.9. The van der Waals surface area contributed by atoms with Crippen LogP contribution in [0, 0.1) is 12.8 Å². The van der Waals surface area contributed by atoms with Gasteiger partial charge in [0.05, 0.1) is 17.1 Å². The van der Waals surface area contributed by atoms with Crippen LogP contribution in [0.5, 0.6) is 0 Å². The second-order valence-corrected chi connectivity index (χ2v) is 8.17. The van der Waals surface area contributed by atoms with Crippen molar-refractivity contribution in [3.05, 3.63) is 89.4 Å². The lowest BCUT2D eigenvalue weighted by Gasteiger charge is -2.17. The van der Waals surface area contributed by atoms with Crippen molar-refractivity contribution < 1.29 is 0 Å². The van der Waals surface area contributed by atoms with E-state index >= 15 is 0 Å². The number of nitrogens with two attached hydrogens (primary N) is 3. The van der Waals surface area contributed by atoms with Gasteiger partial charge in [-0.05, 0) is 65.6 Å². The molecule has 172 valence electrons. The van der Waals surface area contributed by atoms with Gasteiger partial charge >= 0.3 is 0 Å². The molecule has 1 atom stereocenters. The smallest absolute Gasteiger partial charge is 0.132 e. The number of aromatic nitrogens is 3. The zero-order chi connectivity index (χ0) is 24.0. The summed E-state index contributed by atoms with van der Waals surface area (Å²) in [5, 5.41) is 6.21. The Bertz CT molecular complexity index is 1210. The maximum Gasteiger partial charge on any atom is 0.132 e. The molecule has 0 saturated carbocycles. The summed E-state index contributed by atoms with van der Waals surface area (Å²) in [6, 6.07) is 7.37. The Morgan fingerprint density at radius 3 is 2.55 bits per heavy atom. The number of anilines is 1. The summed E-state index contributed by atoms with van der Waals surface area (Å²) in [5.74, 6) is 1.33. The molecule has 0 aliphatic carbocycles. The van der Waals surface area contributed by atoms with Gasteiger partial charge in [0.25, 0.3) is 0 Å². The third kappa shape index (κ3) is 5.87. The molecule has 0 aliphatic rings. The lowest BCUT2D eigenvalue weighted by molar-refractivity contribution is 0.786. The molecule has 33 heavy (non-hydrogen) atoms. The summed E-state index contributed by atoms with van der Waals surface area (Å²) in [6.07, 6.45) is 10.6. The van der Waals surface area contributed by atoms with E-state index in [0.717, 1.165) is 38.9 Å². The zero-order valence-electron chi connectivity index (χ0n) is 19.5. The highest BCUT2D eigenvalue weighted by Gasteiger charge is 2.16. The van der Waals surface area contributed by atoms with Crippen LogP contribution < -0.4 is 27.8 Å². The lowest BCUT2D eigenvalue weighted by atomic mass is 9.95. The molecule has 0 fully saturated rings. The quantitative estimate of drug-likeness (QED) is 0.333. The van der Waals surface area contributed by atoms with E-state index in [0.29, 0.717) is 11.6 Å². The van der Waals surface area contributed by atoms with Gasteiger partial charge in [-0.25, -0.2) is 4.98 Å². The van der Waals surface area contributed by atoms with Crippen LogP contribution in [0.15, 0.2) is 72.7 Å². The number of nitrogens with one attached hydrogen (secondary N) is 2. The van der Waals surface area contributed by atoms with Crippen LogP contribution in [0.3, 0.4) is 0 Å². The topological polar surface area (TPSA) is 141 Å². The first-order valence-corrected chi connectivity index (χ1v) is 10.8. The van der Waals surface area contributed by atoms with Crippen LogP contribution in [0.2, 0.25) is 0 Å². The van der Waals surface area contributed by atoms with E-state index in [1.54, 1.807) is 24.8 Å². The maximum atomic E-state index is 6.60. The Morgan fingerprint density at radius 2 is 1.88 bits per heavy atom. The van der Waals surface area contributed by atoms with Crippen molar-refractivity contribution in [3.8, 4) is 0 Å². The van der Waals surface area contributed by atoms with E-state index in [2.05, 4.69) is 34.4 Å². The number of aryl methyl sites for hydroxylation is 1. The van der Waals surface area contributed by atoms with Gasteiger partial charge in [0.1, 0.15) is 11.6 Å². The van der Waals surface area contributed by atoms with Crippen molar-refractivity contribution in [1.29, 1.82) is 0 Å². The highest BCUT2D eigenvalue weighted by Crippen LogP contribution is 2.29. The van der Waals surface area contributed by atoms with E-state index in [-0.39, 0.29) is 12.0 Å². The first kappa shape index (κ1) is 23.7. The zero-order valence-corrected chi connectivity index (χ0v) is 19.5. The van der Waals surface area contributed by atoms with Crippen molar-refractivity contribution in [2.24, 2.45) is 23.1 Å². The molecule has 8 nitrogen and oxygen atoms in total. The summed E-state index contributed by atoms with van der Waals surface area (Å²) in [6.45, 7) is 6.10. The maximum absolute atomic E-state index is 6.60. The molecule has 3 aromatic heterocycles. The molecule has 3 aromatic rings. The van der Waals surface area contributed by atoms with Gasteiger partial charge in [-0.2, -0.15) is 0 Å². The van der Waals surface area contributed by atoms with Crippen LogP contribution in [-0.2, 0) is 0 Å². The molecule has 0 spiro atoms. The summed E-state index contributed by atoms with van der Waals surface area (Å²) in [5.41, 5.74) is 24.6. The van der Waals surface area contributed by atoms with Gasteiger partial charge in [0.15, 0.2) is 0 Å². The fourth-order valence-corrected chi connectivity index (χ4v) is 3.44. The minimum absolute atomic E-state index is 0.261. The van der Waals surface area contributed by atoms with Crippen LogP contribution in [0.25, 0.3) is 16.6 Å². The number of nitrogens with zero attached hydrogens (tertiary/aromatic N) is 3. The molecule has 0 aliphatic heterocycles. The first-order chi connectivity index (χ1) is 15.8. The van der Waals surface area contributed by atoms with E-state index < -0.39 is 0 Å². The number of pyridine rings is 3. The Balaban J connectivity index is 1.94. The third-order valence-corrected chi connectivity index (χ3v) is 5.21. The van der Waals surface area contributed by atoms with E-state index in [1.807, 2.05) is 50.5 Å². The van der Waals surface area contributed by atoms with Crippen molar-refractivity contribution in [1.82, 2.24) is 20.3 Å². The standard InChI is InChI=1S/C25H32N8/c1-15(2)17(10-26)9-23(27)33-24-6-5-21-22(32-24)8-18(13-31-21)20(14-29-4)25(28)19-7-16(3)11-30-12-19/h5-15,25,29H,26-28H2,1-4H3,(H,32,33)/b17-10+,20-14-,23-9+. The Kier molecular flexibility index (Phi) is 7.63. The summed E-state index contributed by atoms with van der Waals surface area (Å²) >= 11 is 0. The SMILES string of the molecule is CN/C=C(/c1cnc2ccc(N/C(N)=C/C(=C\N)C(C)C)nc2c1)C(N)c1cncc(C)c1. The average molecular weight is 445 g/mol. The Labute approximate surface area is 194 Å². The Morgan fingerprint density at radius 1 is 1.09 bits per heavy atom. The van der Waals surface area contributed by atoms with Crippen LogP contribution in [0.1, 0.15) is 36.6 Å². The highest BCUT2D eigenvalue weighted by molar-refractivity contribution is 5.82. The average Bonchev–Trinajstić information content (AvgIpc) is 2.80. The number of fused-ring (bicyclic) bond motifs is 1. The molecule has 3 heterocycles. The molecule has 3 rings (SSSR count). The second kappa shape index (κ2) is 10.6. The van der Waals surface area contributed by atoms with Crippen molar-refractivity contribution in [2.45, 2.75) is 26.8 Å². The summed E-state index contributed by atoms with van der Waals surface area (Å²) < 4.78 is 0. The second-order valence-electron chi connectivity index (χ2n) is 8.17.